The normalized spacial score (nSPS) is 27.6. The molecule has 0 aliphatic carbocycles. The SMILES string of the molecule is CC(C)(C)[S@@](=O)N[C@@H]1C/C=C\CC(CN2CCCC2)S[C@H]2O[C@H]1[C@H](OC(=O)c1ccccc1)[C@H](OC(=O)c1ccccc1)[C@H]2OC(=O)c1ccccc1. The first-order valence-electron chi connectivity index (χ1n) is 18.2. The van der Waals surface area contributed by atoms with Crippen LogP contribution >= 0.6 is 11.8 Å². The van der Waals surface area contributed by atoms with Crippen LogP contribution in [0.2, 0.25) is 0 Å². The van der Waals surface area contributed by atoms with Gasteiger partial charge in [0.15, 0.2) is 18.3 Å². The zero-order chi connectivity index (χ0) is 37.4. The maximum Gasteiger partial charge on any atom is 0.338 e. The number of carbonyl (C=O) groups excluding carboxylic acids is 3. The van der Waals surface area contributed by atoms with E-state index in [-0.39, 0.29) is 16.4 Å². The zero-order valence-corrected chi connectivity index (χ0v) is 32.0. The van der Waals surface area contributed by atoms with Crippen molar-refractivity contribution in [2.45, 2.75) is 92.3 Å². The third-order valence-corrected chi connectivity index (χ3v) is 12.4. The Morgan fingerprint density at radius 3 is 1.72 bits per heavy atom. The van der Waals surface area contributed by atoms with Crippen molar-refractivity contribution >= 4 is 40.7 Å². The number of allylic oxidation sites excluding steroid dienone is 1. The van der Waals surface area contributed by atoms with E-state index in [1.807, 2.05) is 26.8 Å². The van der Waals surface area contributed by atoms with Crippen molar-refractivity contribution in [1.29, 1.82) is 0 Å². The second-order valence-corrected chi connectivity index (χ2v) is 17.9. The first-order valence-corrected chi connectivity index (χ1v) is 20.3. The smallest absolute Gasteiger partial charge is 0.338 e. The van der Waals surface area contributed by atoms with Gasteiger partial charge in [0.2, 0.25) is 0 Å². The maximum absolute atomic E-state index is 14.0. The quantitative estimate of drug-likeness (QED) is 0.142. The van der Waals surface area contributed by atoms with Crippen molar-refractivity contribution in [3.05, 3.63) is 120 Å². The summed E-state index contributed by atoms with van der Waals surface area (Å²) in [7, 11) is -1.55. The number of hydrogen-bond acceptors (Lipinski definition) is 10. The summed E-state index contributed by atoms with van der Waals surface area (Å²) >= 11 is 1.52. The largest absolute Gasteiger partial charge is 0.452 e. The molecule has 0 radical (unpaired) electrons. The molecule has 0 amide bonds. The Morgan fingerprint density at radius 1 is 0.736 bits per heavy atom. The van der Waals surface area contributed by atoms with Gasteiger partial charge in [-0.05, 0) is 95.9 Å². The van der Waals surface area contributed by atoms with Gasteiger partial charge in [0.1, 0.15) is 11.5 Å². The molecule has 282 valence electrons. The monoisotopic (exact) mass is 760 g/mol. The summed E-state index contributed by atoms with van der Waals surface area (Å²) in [4.78, 5) is 44.2. The third-order valence-electron chi connectivity index (χ3n) is 9.44. The molecular weight excluding hydrogens is 713 g/mol. The number of thioether (sulfide) groups is 1. The average Bonchev–Trinajstić information content (AvgIpc) is 3.68. The number of nitrogens with zero attached hydrogens (tertiary/aromatic N) is 1. The van der Waals surface area contributed by atoms with Crippen LogP contribution in [0.25, 0.3) is 0 Å². The fraction of sp³-hybridized carbons (Fsp3) is 0.439. The highest BCUT2D eigenvalue weighted by Crippen LogP contribution is 2.40. The molecule has 2 bridgehead atoms. The molecule has 3 aromatic carbocycles. The van der Waals surface area contributed by atoms with E-state index in [1.165, 1.54) is 11.8 Å². The van der Waals surface area contributed by atoms with Crippen LogP contribution in [-0.2, 0) is 29.9 Å². The fourth-order valence-electron chi connectivity index (χ4n) is 6.63. The lowest BCUT2D eigenvalue weighted by Crippen LogP contribution is -2.65. The number of hydrogen-bond donors (Lipinski definition) is 1. The minimum absolute atomic E-state index is 0.0371. The first-order chi connectivity index (χ1) is 25.6. The lowest BCUT2D eigenvalue weighted by Gasteiger charge is -2.48. The van der Waals surface area contributed by atoms with E-state index < -0.39 is 69.5 Å². The van der Waals surface area contributed by atoms with Gasteiger partial charge in [0.05, 0.1) is 38.5 Å². The van der Waals surface area contributed by atoms with Crippen molar-refractivity contribution in [1.82, 2.24) is 9.62 Å². The molecule has 3 aliphatic heterocycles. The molecule has 53 heavy (non-hydrogen) atoms. The van der Waals surface area contributed by atoms with Crippen LogP contribution in [0.3, 0.4) is 0 Å². The highest BCUT2D eigenvalue weighted by molar-refractivity contribution is 8.00. The summed E-state index contributed by atoms with van der Waals surface area (Å²) in [5, 5.41) is 0.0371. The Morgan fingerprint density at radius 2 is 1.21 bits per heavy atom. The molecule has 3 heterocycles. The van der Waals surface area contributed by atoms with Crippen LogP contribution in [0.15, 0.2) is 103 Å². The van der Waals surface area contributed by atoms with Gasteiger partial charge in [0.25, 0.3) is 0 Å². The number of carbonyl (C=O) groups is 3. The topological polar surface area (TPSA) is 120 Å². The molecule has 2 saturated heterocycles. The summed E-state index contributed by atoms with van der Waals surface area (Å²) in [6.45, 7) is 8.39. The fourth-order valence-corrected chi connectivity index (χ4v) is 8.95. The Labute approximate surface area is 318 Å². The van der Waals surface area contributed by atoms with Crippen LogP contribution in [0.1, 0.15) is 77.5 Å². The molecule has 3 aliphatic rings. The Hall–Kier alpha value is -3.81. The van der Waals surface area contributed by atoms with E-state index in [9.17, 15) is 18.6 Å². The molecule has 3 aromatic rings. The van der Waals surface area contributed by atoms with E-state index in [4.69, 9.17) is 18.9 Å². The Bertz CT molecular complexity index is 1730. The lowest BCUT2D eigenvalue weighted by molar-refractivity contribution is -0.205. The Kier molecular flexibility index (Phi) is 13.2. The summed E-state index contributed by atoms with van der Waals surface area (Å²) in [5.41, 5.74) is 0.0187. The second-order valence-electron chi connectivity index (χ2n) is 14.5. The van der Waals surface area contributed by atoms with Crippen molar-refractivity contribution in [3.63, 3.8) is 0 Å². The maximum atomic E-state index is 14.0. The van der Waals surface area contributed by atoms with Gasteiger partial charge in [0, 0.05) is 11.8 Å². The molecular formula is C41H48N2O8S2. The molecule has 0 spiro atoms. The van der Waals surface area contributed by atoms with Crippen molar-refractivity contribution in [2.24, 2.45) is 0 Å². The lowest BCUT2D eigenvalue weighted by atomic mass is 9.92. The van der Waals surface area contributed by atoms with Gasteiger partial charge in [-0.3, -0.25) is 0 Å². The van der Waals surface area contributed by atoms with E-state index in [2.05, 4.69) is 15.7 Å². The van der Waals surface area contributed by atoms with Crippen LogP contribution in [0.5, 0.6) is 0 Å². The average molecular weight is 761 g/mol. The van der Waals surface area contributed by atoms with E-state index >= 15 is 0 Å². The summed E-state index contributed by atoms with van der Waals surface area (Å²) in [6, 6.07) is 24.9. The number of rotatable bonds is 10. The molecule has 2 fully saturated rings. The molecule has 10 nitrogen and oxygen atoms in total. The van der Waals surface area contributed by atoms with E-state index in [0.29, 0.717) is 18.4 Å². The van der Waals surface area contributed by atoms with Gasteiger partial charge in [-0.2, -0.15) is 0 Å². The van der Waals surface area contributed by atoms with Crippen LogP contribution in [0.4, 0.5) is 0 Å². The van der Waals surface area contributed by atoms with Gasteiger partial charge in [-0.1, -0.05) is 66.7 Å². The number of fused-ring (bicyclic) bond motifs is 2. The van der Waals surface area contributed by atoms with Crippen molar-refractivity contribution < 1.29 is 37.5 Å². The zero-order valence-electron chi connectivity index (χ0n) is 30.3. The summed E-state index contributed by atoms with van der Waals surface area (Å²) in [6.07, 6.45) is 2.79. The van der Waals surface area contributed by atoms with Crippen LogP contribution in [-0.4, -0.2) is 92.5 Å². The van der Waals surface area contributed by atoms with E-state index in [1.54, 1.807) is 91.0 Å². The predicted octanol–water partition coefficient (Wildman–Crippen LogP) is 6.36. The third kappa shape index (κ3) is 10.2. The summed E-state index contributed by atoms with van der Waals surface area (Å²) in [5.74, 6) is -1.98. The Balaban J connectivity index is 1.46. The van der Waals surface area contributed by atoms with Crippen LogP contribution < -0.4 is 4.72 Å². The molecule has 12 heteroatoms. The number of nitrogens with one attached hydrogen (secondary N) is 1. The highest BCUT2D eigenvalue weighted by atomic mass is 32.2. The number of ether oxygens (including phenoxy) is 4. The predicted molar refractivity (Wildman–Crippen MR) is 206 cm³/mol. The highest BCUT2D eigenvalue weighted by Gasteiger charge is 2.55. The molecule has 6 rings (SSSR count). The van der Waals surface area contributed by atoms with Crippen molar-refractivity contribution in [2.75, 3.05) is 19.6 Å². The molecule has 0 aromatic heterocycles. The van der Waals surface area contributed by atoms with E-state index in [0.717, 1.165) is 32.5 Å². The molecule has 1 unspecified atom stereocenters. The number of benzene rings is 3. The standard InChI is InChI=1S/C41H48N2O8S2/c1-41(2,3)53(47)42-32-24-14-13-23-31(27-43-25-15-16-26-43)52-40-36(50-39(46)30-21-11-6-12-22-30)35(49-38(45)29-19-9-5-10-20-29)34(33(32)51-40)48-37(44)28-17-7-4-8-18-28/h4-14,17-22,31-36,40,42H,15-16,23-27H2,1-3H3/b14-13-/t31?,32-,33-,34+,35+,36-,40-,53-/m1/s1. The van der Waals surface area contributed by atoms with Crippen LogP contribution in [0, 0.1) is 0 Å². The minimum atomic E-state index is -1.55. The van der Waals surface area contributed by atoms with Gasteiger partial charge in [-0.15, -0.1) is 11.8 Å². The van der Waals surface area contributed by atoms with Gasteiger partial charge in [-0.25, -0.2) is 23.3 Å². The van der Waals surface area contributed by atoms with Gasteiger partial charge >= 0.3 is 17.9 Å². The molecule has 1 N–H and O–H groups in total. The summed E-state index contributed by atoms with van der Waals surface area (Å²) < 4.78 is 42.3. The van der Waals surface area contributed by atoms with Crippen molar-refractivity contribution in [3.8, 4) is 0 Å². The number of esters is 3. The molecule has 0 saturated carbocycles. The minimum Gasteiger partial charge on any atom is -0.452 e. The number of likely N-dealkylation sites (tertiary alicyclic amines) is 1. The first kappa shape index (κ1) is 38.9. The van der Waals surface area contributed by atoms with Gasteiger partial charge < -0.3 is 23.8 Å². The second kappa shape index (κ2) is 18.0. The molecule has 8 atom stereocenters.